The molecule has 0 atom stereocenters. The van der Waals surface area contributed by atoms with Crippen molar-refractivity contribution in [2.24, 2.45) is 0 Å². The molecule has 0 saturated carbocycles. The maximum atomic E-state index is 12.4. The van der Waals surface area contributed by atoms with Crippen molar-refractivity contribution in [2.75, 3.05) is 13.1 Å². The normalized spacial score (nSPS) is 11.8. The van der Waals surface area contributed by atoms with Gasteiger partial charge in [-0.1, -0.05) is 45.9 Å². The zero-order valence-corrected chi connectivity index (χ0v) is 19.6. The van der Waals surface area contributed by atoms with Crippen molar-refractivity contribution in [1.82, 2.24) is 5.32 Å². The number of carbonyl (C=O) groups excluding carboxylic acids is 2. The van der Waals surface area contributed by atoms with Crippen molar-refractivity contribution in [1.29, 1.82) is 0 Å². The molecule has 0 saturated heterocycles. The van der Waals surface area contributed by atoms with Crippen LogP contribution in [0.1, 0.15) is 91.2 Å². The maximum absolute atomic E-state index is 12.4. The van der Waals surface area contributed by atoms with Crippen LogP contribution in [0.4, 0.5) is 0 Å². The Bertz CT molecular complexity index is 632. The third-order valence-corrected chi connectivity index (χ3v) is 5.31. The molecule has 5 nitrogen and oxygen atoms in total. The van der Waals surface area contributed by atoms with E-state index in [1.807, 2.05) is 18.2 Å². The van der Waals surface area contributed by atoms with Gasteiger partial charge in [0.1, 0.15) is 5.75 Å². The molecule has 0 heterocycles. The number of rotatable bonds is 11. The SMILES string of the molecule is CC(C)c1cccc(C(C)C)c1OC(=O)CCC(=O)NCC[NH+](C(C)C)C(C)C. The molecule has 164 valence electrons. The zero-order valence-electron chi connectivity index (χ0n) is 19.6. The number of para-hydroxylation sites is 1. The minimum atomic E-state index is -0.355. The van der Waals surface area contributed by atoms with E-state index in [9.17, 15) is 9.59 Å². The molecule has 2 N–H and O–H groups in total. The van der Waals surface area contributed by atoms with Gasteiger partial charge in [0.25, 0.3) is 0 Å². The molecule has 0 fully saturated rings. The lowest BCUT2D eigenvalue weighted by Gasteiger charge is -2.27. The third kappa shape index (κ3) is 8.17. The van der Waals surface area contributed by atoms with Crippen LogP contribution in [0.15, 0.2) is 18.2 Å². The van der Waals surface area contributed by atoms with E-state index in [-0.39, 0.29) is 36.6 Å². The fourth-order valence-electron chi connectivity index (χ4n) is 3.66. The van der Waals surface area contributed by atoms with Crippen LogP contribution in [0, 0.1) is 0 Å². The fourth-order valence-corrected chi connectivity index (χ4v) is 3.66. The Balaban J connectivity index is 2.59. The second-order valence-corrected chi connectivity index (χ2v) is 9.03. The summed E-state index contributed by atoms with van der Waals surface area (Å²) >= 11 is 0. The van der Waals surface area contributed by atoms with Crippen molar-refractivity contribution in [3.63, 3.8) is 0 Å². The van der Waals surface area contributed by atoms with Crippen molar-refractivity contribution < 1.29 is 19.2 Å². The third-order valence-electron chi connectivity index (χ3n) is 5.31. The molecule has 5 heteroatoms. The maximum Gasteiger partial charge on any atom is 0.311 e. The molecule has 1 amide bonds. The minimum absolute atomic E-state index is 0.0841. The summed E-state index contributed by atoms with van der Waals surface area (Å²) in [5.41, 5.74) is 2.05. The highest BCUT2D eigenvalue weighted by atomic mass is 16.5. The summed E-state index contributed by atoms with van der Waals surface area (Å²) in [6, 6.07) is 7.04. The molecule has 1 rings (SSSR count). The summed E-state index contributed by atoms with van der Waals surface area (Å²) in [6.07, 6.45) is 0.235. The Labute approximate surface area is 177 Å². The Hall–Kier alpha value is -1.88. The average Bonchev–Trinajstić information content (AvgIpc) is 2.62. The molecular weight excluding hydrogens is 364 g/mol. The number of nitrogens with one attached hydrogen (secondary N) is 2. The molecule has 0 aliphatic carbocycles. The molecule has 0 radical (unpaired) electrons. The number of benzene rings is 1. The number of quaternary nitrogens is 1. The Kier molecular flexibility index (Phi) is 10.4. The number of carbonyl (C=O) groups is 2. The number of hydrogen-bond acceptors (Lipinski definition) is 3. The Morgan fingerprint density at radius 1 is 0.897 bits per heavy atom. The van der Waals surface area contributed by atoms with Crippen molar-refractivity contribution in [3.05, 3.63) is 29.3 Å². The van der Waals surface area contributed by atoms with Gasteiger partial charge in [0.2, 0.25) is 5.91 Å². The lowest BCUT2D eigenvalue weighted by molar-refractivity contribution is -0.941. The van der Waals surface area contributed by atoms with Gasteiger partial charge in [0, 0.05) is 6.42 Å². The molecule has 0 bridgehead atoms. The van der Waals surface area contributed by atoms with Crippen LogP contribution in [-0.4, -0.2) is 37.0 Å². The van der Waals surface area contributed by atoms with Gasteiger partial charge in [-0.25, -0.2) is 0 Å². The Morgan fingerprint density at radius 3 is 1.86 bits per heavy atom. The highest BCUT2D eigenvalue weighted by molar-refractivity contribution is 5.82. The first-order chi connectivity index (χ1) is 13.5. The molecule has 0 unspecified atom stereocenters. The average molecular weight is 406 g/mol. The second-order valence-electron chi connectivity index (χ2n) is 9.03. The monoisotopic (exact) mass is 405 g/mol. The molecule has 0 aliphatic heterocycles. The lowest BCUT2D eigenvalue weighted by Crippen LogP contribution is -3.18. The highest BCUT2D eigenvalue weighted by Crippen LogP contribution is 2.34. The molecular formula is C24H41N2O3+. The predicted molar refractivity (Wildman–Crippen MR) is 119 cm³/mol. The molecule has 29 heavy (non-hydrogen) atoms. The number of amides is 1. The Morgan fingerprint density at radius 2 is 1.41 bits per heavy atom. The second kappa shape index (κ2) is 12.0. The summed E-state index contributed by atoms with van der Waals surface area (Å²) in [6.45, 7) is 18.6. The van der Waals surface area contributed by atoms with Gasteiger partial charge in [-0.3, -0.25) is 9.59 Å². The van der Waals surface area contributed by atoms with Gasteiger partial charge >= 0.3 is 5.97 Å². The zero-order chi connectivity index (χ0) is 22.1. The number of hydrogen-bond donors (Lipinski definition) is 2. The highest BCUT2D eigenvalue weighted by Gasteiger charge is 2.19. The van der Waals surface area contributed by atoms with E-state index in [1.165, 1.54) is 4.90 Å². The lowest BCUT2D eigenvalue weighted by atomic mass is 9.94. The van der Waals surface area contributed by atoms with E-state index >= 15 is 0 Å². The topological polar surface area (TPSA) is 59.8 Å². The summed E-state index contributed by atoms with van der Waals surface area (Å²) in [5.74, 6) is 0.720. The minimum Gasteiger partial charge on any atom is -0.426 e. The van der Waals surface area contributed by atoms with E-state index in [0.717, 1.165) is 17.7 Å². The smallest absolute Gasteiger partial charge is 0.311 e. The quantitative estimate of drug-likeness (QED) is 0.438. The predicted octanol–water partition coefficient (Wildman–Crippen LogP) is 3.44. The van der Waals surface area contributed by atoms with E-state index < -0.39 is 0 Å². The van der Waals surface area contributed by atoms with Crippen LogP contribution in [-0.2, 0) is 9.59 Å². The first-order valence-electron chi connectivity index (χ1n) is 11.0. The summed E-state index contributed by atoms with van der Waals surface area (Å²) in [5, 5.41) is 2.93. The molecule has 1 aromatic carbocycles. The molecule has 0 aliphatic rings. The number of esters is 1. The van der Waals surface area contributed by atoms with Crippen LogP contribution in [0.25, 0.3) is 0 Å². The fraction of sp³-hybridized carbons (Fsp3) is 0.667. The van der Waals surface area contributed by atoms with Gasteiger partial charge in [0.15, 0.2) is 0 Å². The van der Waals surface area contributed by atoms with Gasteiger partial charge in [-0.15, -0.1) is 0 Å². The number of ether oxygens (including phenoxy) is 1. The van der Waals surface area contributed by atoms with Crippen LogP contribution in [0.2, 0.25) is 0 Å². The van der Waals surface area contributed by atoms with Crippen LogP contribution in [0.5, 0.6) is 5.75 Å². The summed E-state index contributed by atoms with van der Waals surface area (Å²) < 4.78 is 5.73. The van der Waals surface area contributed by atoms with E-state index in [2.05, 4.69) is 60.7 Å². The van der Waals surface area contributed by atoms with Crippen molar-refractivity contribution in [3.8, 4) is 5.75 Å². The van der Waals surface area contributed by atoms with Crippen molar-refractivity contribution in [2.45, 2.75) is 92.2 Å². The van der Waals surface area contributed by atoms with E-state index in [0.29, 0.717) is 24.4 Å². The first kappa shape index (κ1) is 25.2. The largest absolute Gasteiger partial charge is 0.426 e. The van der Waals surface area contributed by atoms with Crippen molar-refractivity contribution >= 4 is 11.9 Å². The molecule has 0 spiro atoms. The summed E-state index contributed by atoms with van der Waals surface area (Å²) in [4.78, 5) is 26.0. The van der Waals surface area contributed by atoms with Gasteiger partial charge < -0.3 is 15.0 Å². The van der Waals surface area contributed by atoms with Crippen LogP contribution >= 0.6 is 0 Å². The van der Waals surface area contributed by atoms with Crippen LogP contribution < -0.4 is 15.0 Å². The van der Waals surface area contributed by atoms with Gasteiger partial charge in [-0.05, 0) is 50.7 Å². The first-order valence-corrected chi connectivity index (χ1v) is 11.0. The molecule has 1 aromatic rings. The van der Waals surface area contributed by atoms with Gasteiger partial charge in [-0.2, -0.15) is 0 Å². The summed E-state index contributed by atoms with van der Waals surface area (Å²) in [7, 11) is 0. The molecule has 0 aromatic heterocycles. The van der Waals surface area contributed by atoms with E-state index in [1.54, 1.807) is 0 Å². The standard InChI is InChI=1S/C24H40N2O3/c1-16(2)20-10-9-11-21(17(3)4)24(20)29-23(28)13-12-22(27)25-14-15-26(18(5)6)19(7)8/h9-11,16-19H,12-15H2,1-8H3,(H,25,27)/p+1. The van der Waals surface area contributed by atoms with E-state index in [4.69, 9.17) is 4.74 Å². The van der Waals surface area contributed by atoms with Gasteiger partial charge in [0.05, 0.1) is 31.6 Å². The van der Waals surface area contributed by atoms with Crippen LogP contribution in [0.3, 0.4) is 0 Å².